The van der Waals surface area contributed by atoms with Gasteiger partial charge in [0.15, 0.2) is 0 Å². The molecule has 0 spiro atoms. The molecule has 0 saturated heterocycles. The number of carbonyl (C=O) groups is 1. The van der Waals surface area contributed by atoms with Crippen LogP contribution in [0.2, 0.25) is 0 Å². The monoisotopic (exact) mass is 318 g/mol. The van der Waals surface area contributed by atoms with Crippen molar-refractivity contribution in [2.75, 3.05) is 12.4 Å². The first-order chi connectivity index (χ1) is 10.8. The molecule has 0 aromatic heterocycles. The van der Waals surface area contributed by atoms with Crippen molar-refractivity contribution in [3.05, 3.63) is 24.3 Å². The van der Waals surface area contributed by atoms with Gasteiger partial charge < -0.3 is 15.0 Å². The third-order valence-corrected chi connectivity index (χ3v) is 4.84. The minimum atomic E-state index is -0.0922. The predicted molar refractivity (Wildman–Crippen MR) is 95.0 cm³/mol. The van der Waals surface area contributed by atoms with Crippen LogP contribution in [-0.4, -0.2) is 30.1 Å². The first-order valence-electron chi connectivity index (χ1n) is 8.58. The lowest BCUT2D eigenvalue weighted by molar-refractivity contribution is 0.156. The number of anilines is 1. The van der Waals surface area contributed by atoms with Crippen molar-refractivity contribution < 1.29 is 9.53 Å². The van der Waals surface area contributed by atoms with Crippen LogP contribution in [0.5, 0.6) is 5.75 Å². The van der Waals surface area contributed by atoms with E-state index in [9.17, 15) is 4.79 Å². The Morgan fingerprint density at radius 3 is 2.57 bits per heavy atom. The molecule has 1 N–H and O–H groups in total. The average Bonchev–Trinajstić information content (AvgIpc) is 2.98. The molecule has 4 nitrogen and oxygen atoms in total. The maximum Gasteiger partial charge on any atom is 0.321 e. The summed E-state index contributed by atoms with van der Waals surface area (Å²) in [5.74, 6) is 0.834. The Morgan fingerprint density at radius 1 is 1.30 bits per heavy atom. The second-order valence-electron chi connectivity index (χ2n) is 7.64. The summed E-state index contributed by atoms with van der Waals surface area (Å²) in [5.41, 5.74) is 0.818. The molecule has 1 aliphatic rings. The Balaban J connectivity index is 1.97. The molecule has 2 amide bonds. The van der Waals surface area contributed by atoms with Gasteiger partial charge in [-0.15, -0.1) is 0 Å². The molecule has 4 heteroatoms. The maximum atomic E-state index is 12.4. The van der Waals surface area contributed by atoms with E-state index >= 15 is 0 Å². The third kappa shape index (κ3) is 4.88. The Bertz CT molecular complexity index is 530. The third-order valence-electron chi connectivity index (χ3n) is 4.84. The Kier molecular flexibility index (Phi) is 5.55. The van der Waals surface area contributed by atoms with Crippen LogP contribution >= 0.6 is 0 Å². The number of amides is 2. The SMILES string of the molecule is C[C@@H](N(C)C(=O)Nc1cccc(OC2CCCC2)c1)C(C)(C)C. The van der Waals surface area contributed by atoms with Crippen LogP contribution in [0.25, 0.3) is 0 Å². The van der Waals surface area contributed by atoms with Crippen molar-refractivity contribution in [1.82, 2.24) is 4.90 Å². The van der Waals surface area contributed by atoms with Crippen molar-refractivity contribution in [2.45, 2.75) is 65.5 Å². The molecule has 0 aliphatic heterocycles. The number of hydrogen-bond donors (Lipinski definition) is 1. The van der Waals surface area contributed by atoms with E-state index in [1.165, 1.54) is 12.8 Å². The zero-order valence-corrected chi connectivity index (χ0v) is 15.1. The van der Waals surface area contributed by atoms with Crippen LogP contribution in [0, 0.1) is 5.41 Å². The van der Waals surface area contributed by atoms with Crippen molar-refractivity contribution in [2.24, 2.45) is 5.41 Å². The summed E-state index contributed by atoms with van der Waals surface area (Å²) in [7, 11) is 1.84. The Morgan fingerprint density at radius 2 is 1.96 bits per heavy atom. The number of benzene rings is 1. The standard InChI is InChI=1S/C19H30N2O2/c1-14(19(2,3)4)21(5)18(22)20-15-9-8-12-17(13-15)23-16-10-6-7-11-16/h8-9,12-14,16H,6-7,10-11H2,1-5H3,(H,20,22)/t14-/m1/s1. The number of ether oxygens (including phenoxy) is 1. The minimum Gasteiger partial charge on any atom is -0.490 e. The van der Waals surface area contributed by atoms with E-state index in [-0.39, 0.29) is 17.5 Å². The Labute approximate surface area is 140 Å². The molecule has 1 aromatic rings. The van der Waals surface area contributed by atoms with Gasteiger partial charge in [-0.1, -0.05) is 26.8 Å². The molecule has 2 rings (SSSR count). The number of rotatable bonds is 4. The van der Waals surface area contributed by atoms with Crippen molar-refractivity contribution in [3.63, 3.8) is 0 Å². The van der Waals surface area contributed by atoms with E-state index in [2.05, 4.69) is 33.0 Å². The first kappa shape index (κ1) is 17.6. The number of nitrogens with zero attached hydrogens (tertiary/aromatic N) is 1. The molecular weight excluding hydrogens is 288 g/mol. The van der Waals surface area contributed by atoms with E-state index in [4.69, 9.17) is 4.74 Å². The summed E-state index contributed by atoms with van der Waals surface area (Å²) < 4.78 is 5.99. The van der Waals surface area contributed by atoms with Crippen molar-refractivity contribution >= 4 is 11.7 Å². The number of nitrogens with one attached hydrogen (secondary N) is 1. The van der Waals surface area contributed by atoms with Gasteiger partial charge in [0.2, 0.25) is 0 Å². The minimum absolute atomic E-state index is 0.0412. The molecule has 128 valence electrons. The summed E-state index contributed by atoms with van der Waals surface area (Å²) in [6, 6.07) is 7.73. The second-order valence-corrected chi connectivity index (χ2v) is 7.64. The number of hydrogen-bond acceptors (Lipinski definition) is 2. The van der Waals surface area contributed by atoms with Crippen LogP contribution in [-0.2, 0) is 0 Å². The fourth-order valence-electron chi connectivity index (χ4n) is 2.81. The fourth-order valence-corrected chi connectivity index (χ4v) is 2.81. The normalized spacial score (nSPS) is 16.9. The van der Waals surface area contributed by atoms with Gasteiger partial charge in [0.1, 0.15) is 5.75 Å². The van der Waals surface area contributed by atoms with Gasteiger partial charge in [-0.05, 0) is 50.2 Å². The molecule has 0 heterocycles. The zero-order chi connectivity index (χ0) is 17.0. The van der Waals surface area contributed by atoms with Gasteiger partial charge in [-0.25, -0.2) is 4.79 Å². The molecule has 1 saturated carbocycles. The highest BCUT2D eigenvalue weighted by Crippen LogP contribution is 2.27. The van der Waals surface area contributed by atoms with Crippen LogP contribution in [0.4, 0.5) is 10.5 Å². The molecule has 1 fully saturated rings. The van der Waals surface area contributed by atoms with Gasteiger partial charge >= 0.3 is 6.03 Å². The second kappa shape index (κ2) is 7.24. The summed E-state index contributed by atoms with van der Waals surface area (Å²) in [6.07, 6.45) is 5.07. The molecule has 0 bridgehead atoms. The smallest absolute Gasteiger partial charge is 0.321 e. The maximum absolute atomic E-state index is 12.4. The van der Waals surface area contributed by atoms with Crippen molar-refractivity contribution in [1.29, 1.82) is 0 Å². The molecule has 0 unspecified atom stereocenters. The van der Waals surface area contributed by atoms with E-state index < -0.39 is 0 Å². The largest absolute Gasteiger partial charge is 0.490 e. The fraction of sp³-hybridized carbons (Fsp3) is 0.632. The number of carbonyl (C=O) groups excluding carboxylic acids is 1. The van der Waals surface area contributed by atoms with Gasteiger partial charge in [0.25, 0.3) is 0 Å². The number of urea groups is 1. The first-order valence-corrected chi connectivity index (χ1v) is 8.58. The topological polar surface area (TPSA) is 41.6 Å². The highest BCUT2D eigenvalue weighted by atomic mass is 16.5. The lowest BCUT2D eigenvalue weighted by Crippen LogP contribution is -2.44. The van der Waals surface area contributed by atoms with E-state index in [0.717, 1.165) is 24.3 Å². The highest BCUT2D eigenvalue weighted by molar-refractivity contribution is 5.89. The lowest BCUT2D eigenvalue weighted by atomic mass is 9.87. The highest BCUT2D eigenvalue weighted by Gasteiger charge is 2.27. The predicted octanol–water partition coefficient (Wildman–Crippen LogP) is 4.91. The lowest BCUT2D eigenvalue weighted by Gasteiger charge is -2.35. The average molecular weight is 318 g/mol. The summed E-state index contributed by atoms with van der Waals surface area (Å²) in [4.78, 5) is 14.2. The van der Waals surface area contributed by atoms with Gasteiger partial charge in [-0.2, -0.15) is 0 Å². The quantitative estimate of drug-likeness (QED) is 0.857. The van der Waals surface area contributed by atoms with Gasteiger partial charge in [0.05, 0.1) is 6.10 Å². The Hall–Kier alpha value is -1.71. The van der Waals surface area contributed by atoms with Crippen LogP contribution < -0.4 is 10.1 Å². The van der Waals surface area contributed by atoms with Gasteiger partial charge in [0, 0.05) is 24.8 Å². The molecule has 23 heavy (non-hydrogen) atoms. The van der Waals surface area contributed by atoms with Gasteiger partial charge in [-0.3, -0.25) is 0 Å². The summed E-state index contributed by atoms with van der Waals surface area (Å²) in [6.45, 7) is 8.48. The van der Waals surface area contributed by atoms with E-state index in [1.54, 1.807) is 4.90 Å². The van der Waals surface area contributed by atoms with E-state index in [1.807, 2.05) is 31.3 Å². The molecule has 1 aliphatic carbocycles. The van der Waals surface area contributed by atoms with E-state index in [0.29, 0.717) is 6.10 Å². The van der Waals surface area contributed by atoms with Crippen LogP contribution in [0.1, 0.15) is 53.4 Å². The summed E-state index contributed by atoms with van der Waals surface area (Å²) >= 11 is 0. The molecule has 1 atom stereocenters. The molecule has 0 radical (unpaired) electrons. The summed E-state index contributed by atoms with van der Waals surface area (Å²) in [5, 5.41) is 2.97. The van der Waals surface area contributed by atoms with Crippen LogP contribution in [0.15, 0.2) is 24.3 Å². The molecule has 1 aromatic carbocycles. The zero-order valence-electron chi connectivity index (χ0n) is 15.1. The molecular formula is C19H30N2O2. The van der Waals surface area contributed by atoms with Crippen LogP contribution in [0.3, 0.4) is 0 Å². The van der Waals surface area contributed by atoms with Crippen molar-refractivity contribution in [3.8, 4) is 5.75 Å².